The lowest BCUT2D eigenvalue weighted by atomic mass is 10.0. The minimum atomic E-state index is -5.79. The Balaban J connectivity index is 2.10. The van der Waals surface area contributed by atoms with Crippen molar-refractivity contribution in [2.24, 2.45) is 0 Å². The summed E-state index contributed by atoms with van der Waals surface area (Å²) in [6.45, 7) is -1.18. The molecule has 0 aromatic carbocycles. The zero-order chi connectivity index (χ0) is 23.1. The molecular formula is C10H14F2NO14P3. The van der Waals surface area contributed by atoms with Crippen LogP contribution in [0.25, 0.3) is 0 Å². The molecule has 7 N–H and O–H groups in total. The van der Waals surface area contributed by atoms with Gasteiger partial charge in [0.2, 0.25) is 5.95 Å². The van der Waals surface area contributed by atoms with Crippen LogP contribution < -0.4 is 5.56 Å². The van der Waals surface area contributed by atoms with Crippen molar-refractivity contribution in [1.82, 2.24) is 4.98 Å². The molecule has 0 radical (unpaired) electrons. The van der Waals surface area contributed by atoms with E-state index < -0.39 is 77.4 Å². The predicted octanol–water partition coefficient (Wildman–Crippen LogP) is -0.842. The van der Waals surface area contributed by atoms with Crippen molar-refractivity contribution < 1.29 is 70.1 Å². The van der Waals surface area contributed by atoms with Gasteiger partial charge in [0, 0.05) is 6.07 Å². The van der Waals surface area contributed by atoms with Gasteiger partial charge >= 0.3 is 23.5 Å². The molecule has 15 nitrogen and oxygen atoms in total. The third-order valence-electron chi connectivity index (χ3n) is 3.45. The zero-order valence-corrected chi connectivity index (χ0v) is 16.8. The number of halogens is 2. The Morgan fingerprint density at radius 2 is 1.63 bits per heavy atom. The van der Waals surface area contributed by atoms with Crippen LogP contribution in [-0.2, 0) is 31.6 Å². The topological polar surface area (TPSA) is 242 Å². The summed E-state index contributed by atoms with van der Waals surface area (Å²) < 4.78 is 77.3. The number of H-pyrrole nitrogens is 1. The summed E-state index contributed by atoms with van der Waals surface area (Å²) in [7, 11) is -17.0. The van der Waals surface area contributed by atoms with Crippen LogP contribution in [0.2, 0.25) is 0 Å². The predicted molar refractivity (Wildman–Crippen MR) is 86.4 cm³/mol. The van der Waals surface area contributed by atoms with Crippen molar-refractivity contribution in [1.29, 1.82) is 0 Å². The molecule has 30 heavy (non-hydrogen) atoms. The highest BCUT2D eigenvalue weighted by atomic mass is 31.3. The molecule has 1 aromatic heterocycles. The number of phosphoric ester groups is 1. The van der Waals surface area contributed by atoms with Gasteiger partial charge in [-0.3, -0.25) is 14.3 Å². The molecule has 0 saturated carbocycles. The number of rotatable bonds is 8. The number of ether oxygens (including phenoxy) is 1. The van der Waals surface area contributed by atoms with E-state index in [-0.39, 0.29) is 0 Å². The van der Waals surface area contributed by atoms with Crippen molar-refractivity contribution in [3.05, 3.63) is 33.7 Å². The minimum Gasteiger partial charge on any atom is -0.387 e. The van der Waals surface area contributed by atoms with E-state index in [0.717, 1.165) is 0 Å². The van der Waals surface area contributed by atoms with Crippen molar-refractivity contribution in [3.8, 4) is 0 Å². The van der Waals surface area contributed by atoms with E-state index in [1.807, 2.05) is 0 Å². The van der Waals surface area contributed by atoms with Gasteiger partial charge in [-0.15, -0.1) is 0 Å². The van der Waals surface area contributed by atoms with Crippen molar-refractivity contribution in [2.75, 3.05) is 6.61 Å². The summed E-state index contributed by atoms with van der Waals surface area (Å²) in [6, 6.07) is 0.334. The Hall–Kier alpha value is -0.900. The molecule has 0 spiro atoms. The minimum absolute atomic E-state index is 0.334. The molecular weight excluding hydrogens is 489 g/mol. The molecule has 1 aromatic rings. The highest BCUT2D eigenvalue weighted by Gasteiger charge is 2.47. The van der Waals surface area contributed by atoms with Gasteiger partial charge in [-0.1, -0.05) is 0 Å². The molecule has 0 amide bonds. The molecule has 1 saturated heterocycles. The van der Waals surface area contributed by atoms with E-state index >= 15 is 0 Å². The van der Waals surface area contributed by atoms with Crippen molar-refractivity contribution in [3.63, 3.8) is 0 Å². The molecule has 2 rings (SSSR count). The average Bonchev–Trinajstić information content (AvgIpc) is 2.77. The number of hydrogen-bond donors (Lipinski definition) is 7. The summed E-state index contributed by atoms with van der Waals surface area (Å²) in [6.07, 6.45) is -7.62. The summed E-state index contributed by atoms with van der Waals surface area (Å²) in [4.78, 5) is 47.8. The Labute approximate surface area is 164 Å². The van der Waals surface area contributed by atoms with E-state index in [9.17, 15) is 42.4 Å². The number of aliphatic hydroxyl groups excluding tert-OH is 2. The van der Waals surface area contributed by atoms with Gasteiger partial charge < -0.3 is 34.5 Å². The Morgan fingerprint density at radius 1 is 1.03 bits per heavy atom. The molecule has 2 heterocycles. The van der Waals surface area contributed by atoms with E-state index in [0.29, 0.717) is 6.07 Å². The van der Waals surface area contributed by atoms with Gasteiger partial charge in [0.1, 0.15) is 30.2 Å². The van der Waals surface area contributed by atoms with Gasteiger partial charge in [-0.25, -0.2) is 18.1 Å². The highest BCUT2D eigenvalue weighted by Crippen LogP contribution is 2.66. The first kappa shape index (κ1) is 25.4. The first-order valence-electron chi connectivity index (χ1n) is 7.39. The Morgan fingerprint density at radius 3 is 2.17 bits per heavy atom. The maximum Gasteiger partial charge on any atom is 0.490 e. The summed E-state index contributed by atoms with van der Waals surface area (Å²) in [5, 5.41) is 19.8. The van der Waals surface area contributed by atoms with Gasteiger partial charge in [-0.05, 0) is 0 Å². The number of nitrogens with one attached hydrogen (secondary N) is 1. The van der Waals surface area contributed by atoms with Gasteiger partial charge in [0.25, 0.3) is 5.56 Å². The second-order valence-electron chi connectivity index (χ2n) is 5.67. The summed E-state index contributed by atoms with van der Waals surface area (Å²) in [5.41, 5.74) is -2.12. The zero-order valence-electron chi connectivity index (χ0n) is 14.1. The molecule has 0 bridgehead atoms. The lowest BCUT2D eigenvalue weighted by molar-refractivity contribution is -0.0244. The third-order valence-corrected chi connectivity index (χ3v) is 7.25. The lowest BCUT2D eigenvalue weighted by Crippen LogP contribution is -2.33. The van der Waals surface area contributed by atoms with Gasteiger partial charge in [-0.2, -0.15) is 13.0 Å². The smallest absolute Gasteiger partial charge is 0.387 e. The number of phosphoric acid groups is 3. The largest absolute Gasteiger partial charge is 0.490 e. The van der Waals surface area contributed by atoms with E-state index in [4.69, 9.17) is 19.4 Å². The maximum atomic E-state index is 13.9. The molecule has 172 valence electrons. The number of aromatic amines is 1. The van der Waals surface area contributed by atoms with Crippen LogP contribution >= 0.6 is 23.5 Å². The molecule has 1 fully saturated rings. The molecule has 1 aliphatic rings. The second-order valence-corrected chi connectivity index (χ2v) is 10.1. The van der Waals surface area contributed by atoms with E-state index in [1.165, 1.54) is 0 Å². The first-order chi connectivity index (χ1) is 13.5. The molecule has 3 unspecified atom stereocenters. The quantitative estimate of drug-likeness (QED) is 0.169. The summed E-state index contributed by atoms with van der Waals surface area (Å²) >= 11 is 0. The van der Waals surface area contributed by atoms with Crippen LogP contribution in [-0.4, -0.2) is 59.7 Å². The number of aromatic nitrogens is 1. The normalized spacial score (nSPS) is 28.8. The fourth-order valence-electron chi connectivity index (χ4n) is 2.37. The monoisotopic (exact) mass is 503 g/mol. The summed E-state index contributed by atoms with van der Waals surface area (Å²) in [5.74, 6) is -2.95. The van der Waals surface area contributed by atoms with Crippen LogP contribution in [0.3, 0.4) is 0 Å². The first-order valence-corrected chi connectivity index (χ1v) is 11.9. The fraction of sp³-hybridized carbons (Fsp3) is 0.500. The van der Waals surface area contributed by atoms with E-state index in [1.54, 1.807) is 4.98 Å². The van der Waals surface area contributed by atoms with Gasteiger partial charge in [0.15, 0.2) is 0 Å². The van der Waals surface area contributed by atoms with E-state index in [2.05, 4.69) is 13.1 Å². The highest BCUT2D eigenvalue weighted by molar-refractivity contribution is 7.66. The van der Waals surface area contributed by atoms with Crippen molar-refractivity contribution in [2.45, 2.75) is 24.4 Å². The Bertz CT molecular complexity index is 968. The van der Waals surface area contributed by atoms with Crippen LogP contribution in [0.4, 0.5) is 8.78 Å². The van der Waals surface area contributed by atoms with Crippen LogP contribution in [0, 0.1) is 11.8 Å². The van der Waals surface area contributed by atoms with Gasteiger partial charge in [0.05, 0.1) is 12.2 Å². The number of hydrogen-bond acceptors (Lipinski definition) is 10. The maximum absolute atomic E-state index is 13.9. The molecule has 20 heteroatoms. The van der Waals surface area contributed by atoms with Crippen molar-refractivity contribution >= 4 is 23.5 Å². The Kier molecular flexibility index (Phi) is 7.54. The van der Waals surface area contributed by atoms with Crippen LogP contribution in [0.15, 0.2) is 10.9 Å². The average molecular weight is 503 g/mol. The molecule has 0 aliphatic carbocycles. The van der Waals surface area contributed by atoms with Crippen LogP contribution in [0.1, 0.15) is 11.7 Å². The number of aliphatic hydroxyl groups is 2. The SMILES string of the molecule is O=c1cc(F)c([C@@H]2O[C@H](COP(=O)(O)OP(=O)(O)OP(=O)(O)O)C(O)[C@@H]2O)c(F)[nH]1. The molecule has 6 atom stereocenters. The standard InChI is InChI=1S/C10H14F2NO14P3/c11-3-1-5(14)13-10(12)6(3)9-8(16)7(15)4(25-9)2-24-29(20,21)27-30(22,23)26-28(17,18)19/h1,4,7-9,15-16H,2H2,(H,13,14)(H,20,21)(H,22,23)(H2,17,18,19)/t4-,7?,8+,9+/m1/s1. The second kappa shape index (κ2) is 8.92. The lowest BCUT2D eigenvalue weighted by Gasteiger charge is -2.19. The molecule has 1 aliphatic heterocycles. The fourth-order valence-corrected chi connectivity index (χ4v) is 5.40. The number of pyridine rings is 1. The van der Waals surface area contributed by atoms with Crippen LogP contribution in [0.5, 0.6) is 0 Å². The third kappa shape index (κ3) is 6.55.